The van der Waals surface area contributed by atoms with Crippen LogP contribution in [0.3, 0.4) is 0 Å². The summed E-state index contributed by atoms with van der Waals surface area (Å²) in [6, 6.07) is 7.43. The van der Waals surface area contributed by atoms with Crippen molar-refractivity contribution in [3.8, 4) is 0 Å². The summed E-state index contributed by atoms with van der Waals surface area (Å²) >= 11 is 0. The second-order valence-corrected chi connectivity index (χ2v) is 6.18. The Hall–Kier alpha value is -3.03. The Labute approximate surface area is 150 Å². The van der Waals surface area contributed by atoms with E-state index in [9.17, 15) is 14.4 Å². The zero-order chi connectivity index (χ0) is 18.5. The molecule has 2 aromatic rings. The second-order valence-electron chi connectivity index (χ2n) is 6.18. The van der Waals surface area contributed by atoms with Crippen molar-refractivity contribution < 1.29 is 19.1 Å². The molecule has 0 radical (unpaired) electrons. The minimum Gasteiger partial charge on any atom is -0.450 e. The van der Waals surface area contributed by atoms with Crippen molar-refractivity contribution in [3.05, 3.63) is 36.0 Å². The van der Waals surface area contributed by atoms with Crippen LogP contribution in [0.2, 0.25) is 0 Å². The van der Waals surface area contributed by atoms with Gasteiger partial charge >= 0.3 is 6.09 Å². The largest absolute Gasteiger partial charge is 0.450 e. The lowest BCUT2D eigenvalue weighted by atomic mass is 9.98. The molecule has 0 aliphatic carbocycles. The molecule has 1 saturated heterocycles. The van der Waals surface area contributed by atoms with Gasteiger partial charge < -0.3 is 14.6 Å². The first-order chi connectivity index (χ1) is 12.6. The highest BCUT2D eigenvalue weighted by Crippen LogP contribution is 2.18. The Kier molecular flexibility index (Phi) is 5.40. The van der Waals surface area contributed by atoms with Crippen molar-refractivity contribution in [2.45, 2.75) is 19.8 Å². The number of hydrazine groups is 1. The molecule has 138 valence electrons. The van der Waals surface area contributed by atoms with Gasteiger partial charge in [-0.3, -0.25) is 20.4 Å². The first-order valence-electron chi connectivity index (χ1n) is 8.68. The van der Waals surface area contributed by atoms with E-state index in [1.165, 1.54) is 4.90 Å². The summed E-state index contributed by atoms with van der Waals surface area (Å²) in [4.78, 5) is 41.0. The Balaban J connectivity index is 1.56. The second kappa shape index (κ2) is 7.90. The Morgan fingerprint density at radius 1 is 1.27 bits per heavy atom. The zero-order valence-corrected chi connectivity index (χ0v) is 14.6. The number of piperidine rings is 1. The Bertz CT molecular complexity index is 816. The number of hydrogen-bond donors (Lipinski definition) is 3. The summed E-state index contributed by atoms with van der Waals surface area (Å²) in [5.74, 6) is -1.09. The summed E-state index contributed by atoms with van der Waals surface area (Å²) in [6.07, 6.45) is 2.57. The first kappa shape index (κ1) is 17.8. The lowest BCUT2D eigenvalue weighted by molar-refractivity contribution is -0.127. The number of carbonyl (C=O) groups is 3. The predicted octanol–water partition coefficient (Wildman–Crippen LogP) is 1.80. The van der Waals surface area contributed by atoms with Gasteiger partial charge in [0.15, 0.2) is 0 Å². The molecule has 3 N–H and O–H groups in total. The van der Waals surface area contributed by atoms with Crippen molar-refractivity contribution >= 4 is 28.8 Å². The van der Waals surface area contributed by atoms with E-state index in [0.717, 1.165) is 10.9 Å². The van der Waals surface area contributed by atoms with Crippen molar-refractivity contribution in [3.63, 3.8) is 0 Å². The van der Waals surface area contributed by atoms with Crippen molar-refractivity contribution in [1.82, 2.24) is 20.7 Å². The van der Waals surface area contributed by atoms with Gasteiger partial charge in [0.05, 0.1) is 18.1 Å². The summed E-state index contributed by atoms with van der Waals surface area (Å²) in [6.45, 7) is 2.90. The molecule has 3 amide bonds. The zero-order valence-electron chi connectivity index (χ0n) is 14.6. The average molecular weight is 358 g/mol. The quantitative estimate of drug-likeness (QED) is 0.728. The van der Waals surface area contributed by atoms with Crippen molar-refractivity contribution in [2.24, 2.45) is 5.92 Å². The fourth-order valence-corrected chi connectivity index (χ4v) is 3.12. The molecule has 3 rings (SSSR count). The molecular weight excluding hydrogens is 336 g/mol. The lowest BCUT2D eigenvalue weighted by Crippen LogP contribution is -2.50. The molecule has 1 fully saturated rings. The summed E-state index contributed by atoms with van der Waals surface area (Å²) in [5, 5.41) is 0.783. The van der Waals surface area contributed by atoms with Gasteiger partial charge in [-0.25, -0.2) is 4.79 Å². The van der Waals surface area contributed by atoms with E-state index >= 15 is 0 Å². The fourth-order valence-electron chi connectivity index (χ4n) is 3.12. The van der Waals surface area contributed by atoms with E-state index in [1.807, 2.05) is 24.3 Å². The molecule has 1 atom stereocenters. The summed E-state index contributed by atoms with van der Waals surface area (Å²) in [7, 11) is 0. The van der Waals surface area contributed by atoms with Crippen LogP contribution in [-0.4, -0.2) is 47.5 Å². The molecule has 0 spiro atoms. The predicted molar refractivity (Wildman–Crippen MR) is 95.2 cm³/mol. The standard InChI is InChI=1S/C18H22N4O4/c1-2-26-18(25)22-9-5-6-12(11-22)16(23)20-21-17(24)14-10-19-15-8-4-3-7-13(14)15/h3-4,7-8,10,12,19H,2,5-6,9,11H2,1H3,(H,20,23)(H,21,24)/t12-/m1/s1. The number of ether oxygens (including phenoxy) is 1. The topological polar surface area (TPSA) is 104 Å². The third kappa shape index (κ3) is 3.79. The van der Waals surface area contributed by atoms with Gasteiger partial charge in [0, 0.05) is 30.2 Å². The minimum atomic E-state index is -0.409. The van der Waals surface area contributed by atoms with E-state index in [4.69, 9.17) is 4.74 Å². The number of nitrogens with zero attached hydrogens (tertiary/aromatic N) is 1. The van der Waals surface area contributed by atoms with Crippen LogP contribution >= 0.6 is 0 Å². The maximum Gasteiger partial charge on any atom is 0.409 e. The third-order valence-corrected chi connectivity index (χ3v) is 4.45. The smallest absolute Gasteiger partial charge is 0.409 e. The maximum atomic E-state index is 12.3. The number of aromatic nitrogens is 1. The van der Waals surface area contributed by atoms with E-state index in [0.29, 0.717) is 31.6 Å². The molecule has 1 aliphatic heterocycles. The molecule has 1 aromatic heterocycles. The van der Waals surface area contributed by atoms with Crippen molar-refractivity contribution in [1.29, 1.82) is 0 Å². The van der Waals surface area contributed by atoms with Gasteiger partial charge in [0.1, 0.15) is 0 Å². The highest BCUT2D eigenvalue weighted by atomic mass is 16.6. The van der Waals surface area contributed by atoms with Crippen LogP contribution in [0, 0.1) is 5.92 Å². The van der Waals surface area contributed by atoms with Crippen LogP contribution in [0.15, 0.2) is 30.5 Å². The molecule has 8 nitrogen and oxygen atoms in total. The molecule has 1 aromatic carbocycles. The number of carbonyl (C=O) groups excluding carboxylic acids is 3. The number of fused-ring (bicyclic) bond motifs is 1. The fraction of sp³-hybridized carbons (Fsp3) is 0.389. The van der Waals surface area contributed by atoms with Crippen LogP contribution in [-0.2, 0) is 9.53 Å². The highest BCUT2D eigenvalue weighted by molar-refractivity contribution is 6.07. The SMILES string of the molecule is CCOC(=O)N1CCC[C@@H](C(=O)NNC(=O)c2c[nH]c3ccccc23)C1. The van der Waals surface area contributed by atoms with Gasteiger partial charge in [-0.1, -0.05) is 18.2 Å². The number of likely N-dealkylation sites (tertiary alicyclic amines) is 1. The number of aromatic amines is 1. The molecule has 26 heavy (non-hydrogen) atoms. The lowest BCUT2D eigenvalue weighted by Gasteiger charge is -2.31. The van der Waals surface area contributed by atoms with Crippen LogP contribution in [0.5, 0.6) is 0 Å². The molecule has 2 heterocycles. The van der Waals surface area contributed by atoms with Gasteiger partial charge in [-0.15, -0.1) is 0 Å². The molecule has 0 unspecified atom stereocenters. The average Bonchev–Trinajstić information content (AvgIpc) is 3.10. The minimum absolute atomic E-state index is 0.285. The molecule has 0 saturated carbocycles. The highest BCUT2D eigenvalue weighted by Gasteiger charge is 2.29. The molecule has 1 aliphatic rings. The number of para-hydroxylation sites is 1. The van der Waals surface area contributed by atoms with Crippen LogP contribution in [0.1, 0.15) is 30.1 Å². The monoisotopic (exact) mass is 358 g/mol. The summed E-state index contributed by atoms with van der Waals surface area (Å²) < 4.78 is 4.98. The normalized spacial score (nSPS) is 17.0. The van der Waals surface area contributed by atoms with Crippen LogP contribution < -0.4 is 10.9 Å². The number of amides is 3. The van der Waals surface area contributed by atoms with Gasteiger partial charge in [-0.05, 0) is 25.8 Å². The summed E-state index contributed by atoms with van der Waals surface area (Å²) in [5.41, 5.74) is 6.22. The Morgan fingerprint density at radius 3 is 2.88 bits per heavy atom. The molecule has 0 bridgehead atoms. The number of benzene rings is 1. The number of rotatable bonds is 3. The van der Waals surface area contributed by atoms with Crippen molar-refractivity contribution in [2.75, 3.05) is 19.7 Å². The van der Waals surface area contributed by atoms with Gasteiger partial charge in [-0.2, -0.15) is 0 Å². The first-order valence-corrected chi connectivity index (χ1v) is 8.68. The van der Waals surface area contributed by atoms with Crippen LogP contribution in [0.4, 0.5) is 4.79 Å². The molecule has 8 heteroatoms. The van der Waals surface area contributed by atoms with Crippen LogP contribution in [0.25, 0.3) is 10.9 Å². The van der Waals surface area contributed by atoms with E-state index in [2.05, 4.69) is 15.8 Å². The molecular formula is C18H22N4O4. The van der Waals surface area contributed by atoms with E-state index in [1.54, 1.807) is 13.1 Å². The van der Waals surface area contributed by atoms with Gasteiger partial charge in [0.25, 0.3) is 5.91 Å². The van der Waals surface area contributed by atoms with Gasteiger partial charge in [0.2, 0.25) is 5.91 Å². The maximum absolute atomic E-state index is 12.3. The van der Waals surface area contributed by atoms with E-state index < -0.39 is 12.0 Å². The third-order valence-electron chi connectivity index (χ3n) is 4.45. The van der Waals surface area contributed by atoms with E-state index in [-0.39, 0.29) is 18.4 Å². The number of hydrogen-bond acceptors (Lipinski definition) is 4. The Morgan fingerprint density at radius 2 is 2.08 bits per heavy atom. The number of nitrogens with one attached hydrogen (secondary N) is 3. The number of H-pyrrole nitrogens is 1.